The summed E-state index contributed by atoms with van der Waals surface area (Å²) >= 11 is 1.50. The summed E-state index contributed by atoms with van der Waals surface area (Å²) in [5, 5.41) is -0.165. The second kappa shape index (κ2) is 5.97. The fourth-order valence-corrected chi connectivity index (χ4v) is 3.08. The molecule has 0 bridgehead atoms. The van der Waals surface area contributed by atoms with Crippen molar-refractivity contribution >= 4 is 23.6 Å². The summed E-state index contributed by atoms with van der Waals surface area (Å²) in [5.41, 5.74) is 0.944. The Morgan fingerprint density at radius 1 is 1.47 bits per heavy atom. The molecular formula is C13H15NO4S. The van der Waals surface area contributed by atoms with E-state index < -0.39 is 5.97 Å². The van der Waals surface area contributed by atoms with E-state index in [-0.39, 0.29) is 17.8 Å². The minimum Gasteiger partial charge on any atom is -0.497 e. The van der Waals surface area contributed by atoms with E-state index in [9.17, 15) is 9.59 Å². The van der Waals surface area contributed by atoms with Gasteiger partial charge in [-0.3, -0.25) is 9.59 Å². The van der Waals surface area contributed by atoms with Crippen molar-refractivity contribution < 1.29 is 19.1 Å². The Bertz CT molecular complexity index is 491. The molecule has 1 fully saturated rings. The van der Waals surface area contributed by atoms with E-state index in [0.717, 1.165) is 11.3 Å². The normalized spacial score (nSPS) is 18.5. The van der Waals surface area contributed by atoms with Gasteiger partial charge in [-0.1, -0.05) is 12.1 Å². The van der Waals surface area contributed by atoms with Gasteiger partial charge in [-0.25, -0.2) is 0 Å². The van der Waals surface area contributed by atoms with Crippen LogP contribution in [0.3, 0.4) is 0 Å². The van der Waals surface area contributed by atoms with Crippen LogP contribution < -0.4 is 4.74 Å². The highest BCUT2D eigenvalue weighted by molar-refractivity contribution is 8.00. The van der Waals surface area contributed by atoms with Gasteiger partial charge in [0.15, 0.2) is 0 Å². The summed E-state index contributed by atoms with van der Waals surface area (Å²) in [6.45, 7) is -0.0236. The zero-order valence-corrected chi connectivity index (χ0v) is 11.6. The number of carbonyl (C=O) groups excluding carboxylic acids is 2. The molecule has 102 valence electrons. The third kappa shape index (κ3) is 3.01. The molecule has 19 heavy (non-hydrogen) atoms. The number of hydrogen-bond donors (Lipinski definition) is 0. The number of benzene rings is 1. The highest BCUT2D eigenvalue weighted by atomic mass is 32.2. The molecule has 1 heterocycles. The van der Waals surface area contributed by atoms with Crippen molar-refractivity contribution in [2.75, 3.05) is 26.5 Å². The fourth-order valence-electron chi connectivity index (χ4n) is 1.90. The van der Waals surface area contributed by atoms with Gasteiger partial charge in [0.25, 0.3) is 0 Å². The number of nitrogens with zero attached hydrogens (tertiary/aromatic N) is 1. The van der Waals surface area contributed by atoms with E-state index >= 15 is 0 Å². The van der Waals surface area contributed by atoms with Gasteiger partial charge in [0.1, 0.15) is 17.7 Å². The van der Waals surface area contributed by atoms with Crippen LogP contribution in [0.25, 0.3) is 0 Å². The van der Waals surface area contributed by atoms with E-state index in [1.165, 1.54) is 23.8 Å². The lowest BCUT2D eigenvalue weighted by Crippen LogP contribution is -2.34. The molecule has 1 unspecified atom stereocenters. The molecule has 2 rings (SSSR count). The molecule has 0 radical (unpaired) electrons. The number of ether oxygens (including phenoxy) is 2. The molecule has 0 spiro atoms. The van der Waals surface area contributed by atoms with Gasteiger partial charge in [-0.2, -0.15) is 0 Å². The van der Waals surface area contributed by atoms with Gasteiger partial charge in [-0.15, -0.1) is 11.8 Å². The number of esters is 1. The summed E-state index contributed by atoms with van der Waals surface area (Å²) in [6, 6.07) is 7.51. The molecule has 1 atom stereocenters. The highest BCUT2D eigenvalue weighted by Crippen LogP contribution is 2.39. The molecule has 0 aromatic heterocycles. The molecular weight excluding hydrogens is 266 g/mol. The third-order valence-corrected chi connectivity index (χ3v) is 4.13. The molecule has 0 aliphatic carbocycles. The molecule has 0 saturated carbocycles. The van der Waals surface area contributed by atoms with Gasteiger partial charge in [0.2, 0.25) is 5.91 Å². The Kier molecular flexibility index (Phi) is 4.31. The summed E-state index contributed by atoms with van der Waals surface area (Å²) < 4.78 is 9.80. The lowest BCUT2D eigenvalue weighted by atomic mass is 10.2. The van der Waals surface area contributed by atoms with Gasteiger partial charge >= 0.3 is 5.97 Å². The lowest BCUT2D eigenvalue weighted by molar-refractivity contribution is -0.146. The standard InChI is InChI=1S/C13H15NO4S/c1-17-10-5-3-4-9(6-10)13-14(7-12(16)18-2)11(15)8-19-13/h3-6,13H,7-8H2,1-2H3. The number of hydrogen-bond acceptors (Lipinski definition) is 5. The second-order valence-corrected chi connectivity index (χ2v) is 5.11. The van der Waals surface area contributed by atoms with Gasteiger partial charge in [0, 0.05) is 0 Å². The van der Waals surface area contributed by atoms with Crippen LogP contribution in [-0.2, 0) is 14.3 Å². The number of amides is 1. The van der Waals surface area contributed by atoms with Crippen LogP contribution in [0.5, 0.6) is 5.75 Å². The van der Waals surface area contributed by atoms with Crippen LogP contribution in [-0.4, -0.2) is 43.3 Å². The fraction of sp³-hybridized carbons (Fsp3) is 0.385. The largest absolute Gasteiger partial charge is 0.497 e. The van der Waals surface area contributed by atoms with Crippen LogP contribution in [0.4, 0.5) is 0 Å². The first-order chi connectivity index (χ1) is 9.15. The van der Waals surface area contributed by atoms with Crippen molar-refractivity contribution in [1.82, 2.24) is 4.90 Å². The van der Waals surface area contributed by atoms with Gasteiger partial charge in [0.05, 0.1) is 20.0 Å². The summed E-state index contributed by atoms with van der Waals surface area (Å²) in [4.78, 5) is 24.7. The Balaban J connectivity index is 2.21. The second-order valence-electron chi connectivity index (χ2n) is 4.04. The molecule has 1 aromatic rings. The van der Waals surface area contributed by atoms with E-state index in [2.05, 4.69) is 4.74 Å². The lowest BCUT2D eigenvalue weighted by Gasteiger charge is -2.23. The Morgan fingerprint density at radius 2 is 2.26 bits per heavy atom. The van der Waals surface area contributed by atoms with Crippen molar-refractivity contribution in [3.8, 4) is 5.75 Å². The Labute approximate surface area is 115 Å². The molecule has 5 nitrogen and oxygen atoms in total. The van der Waals surface area contributed by atoms with Crippen LogP contribution in [0.15, 0.2) is 24.3 Å². The average Bonchev–Trinajstić information content (AvgIpc) is 2.80. The highest BCUT2D eigenvalue weighted by Gasteiger charge is 2.34. The first-order valence-corrected chi connectivity index (χ1v) is 6.82. The molecule has 1 aliphatic heterocycles. The number of methoxy groups -OCH3 is 2. The summed E-state index contributed by atoms with van der Waals surface area (Å²) in [5.74, 6) is 0.640. The SMILES string of the molecule is COC(=O)CN1C(=O)CSC1c1cccc(OC)c1. The molecule has 1 aromatic carbocycles. The first kappa shape index (κ1) is 13.7. The monoisotopic (exact) mass is 281 g/mol. The van der Waals surface area contributed by atoms with Crippen LogP contribution in [0.2, 0.25) is 0 Å². The van der Waals surface area contributed by atoms with Crippen molar-refractivity contribution in [3.63, 3.8) is 0 Å². The topological polar surface area (TPSA) is 55.8 Å². The zero-order chi connectivity index (χ0) is 13.8. The van der Waals surface area contributed by atoms with Crippen molar-refractivity contribution in [1.29, 1.82) is 0 Å². The Hall–Kier alpha value is -1.69. The molecule has 1 aliphatic rings. The molecule has 1 amide bonds. The maximum absolute atomic E-state index is 11.8. The maximum atomic E-state index is 11.8. The molecule has 6 heteroatoms. The molecule has 1 saturated heterocycles. The quantitative estimate of drug-likeness (QED) is 0.782. The Morgan fingerprint density at radius 3 is 2.95 bits per heavy atom. The zero-order valence-electron chi connectivity index (χ0n) is 10.8. The number of carbonyl (C=O) groups is 2. The predicted octanol–water partition coefficient (Wildman–Crippen LogP) is 1.44. The smallest absolute Gasteiger partial charge is 0.325 e. The van der Waals surface area contributed by atoms with Crippen molar-refractivity contribution in [3.05, 3.63) is 29.8 Å². The van der Waals surface area contributed by atoms with Crippen molar-refractivity contribution in [2.45, 2.75) is 5.37 Å². The first-order valence-electron chi connectivity index (χ1n) is 5.77. The molecule has 0 N–H and O–H groups in total. The average molecular weight is 281 g/mol. The van der Waals surface area contributed by atoms with E-state index in [1.54, 1.807) is 7.11 Å². The minimum absolute atomic E-state index is 0.0236. The minimum atomic E-state index is -0.413. The van der Waals surface area contributed by atoms with E-state index in [1.807, 2.05) is 24.3 Å². The van der Waals surface area contributed by atoms with E-state index in [4.69, 9.17) is 4.74 Å². The van der Waals surface area contributed by atoms with Crippen LogP contribution >= 0.6 is 11.8 Å². The van der Waals surface area contributed by atoms with Gasteiger partial charge < -0.3 is 14.4 Å². The van der Waals surface area contributed by atoms with Gasteiger partial charge in [-0.05, 0) is 17.7 Å². The van der Waals surface area contributed by atoms with Crippen LogP contribution in [0.1, 0.15) is 10.9 Å². The maximum Gasteiger partial charge on any atom is 0.325 e. The summed E-state index contributed by atoms with van der Waals surface area (Å²) in [7, 11) is 2.91. The predicted molar refractivity (Wildman–Crippen MR) is 71.9 cm³/mol. The summed E-state index contributed by atoms with van der Waals surface area (Å²) in [6.07, 6.45) is 0. The van der Waals surface area contributed by atoms with Crippen molar-refractivity contribution in [2.24, 2.45) is 0 Å². The third-order valence-electron chi connectivity index (χ3n) is 2.87. The number of rotatable bonds is 4. The van der Waals surface area contributed by atoms with Crippen LogP contribution in [0, 0.1) is 0 Å². The van der Waals surface area contributed by atoms with E-state index in [0.29, 0.717) is 5.75 Å². The number of thioether (sulfide) groups is 1.